The quantitative estimate of drug-likeness (QED) is 0.474. The zero-order valence-corrected chi connectivity index (χ0v) is 20.5. The summed E-state index contributed by atoms with van der Waals surface area (Å²) in [5, 5.41) is 3.29. The fourth-order valence-electron chi connectivity index (χ4n) is 3.50. The molecule has 0 aromatic heterocycles. The van der Waals surface area contributed by atoms with E-state index in [1.165, 1.54) is 6.07 Å². The molecule has 5 nitrogen and oxygen atoms in total. The predicted octanol–water partition coefficient (Wildman–Crippen LogP) is 5.69. The van der Waals surface area contributed by atoms with E-state index in [0.717, 1.165) is 22.3 Å². The van der Waals surface area contributed by atoms with Crippen LogP contribution < -0.4 is 15.0 Å². The van der Waals surface area contributed by atoms with Gasteiger partial charge in [-0.1, -0.05) is 30.1 Å². The highest BCUT2D eigenvalue weighted by Crippen LogP contribution is 2.40. The Hall–Kier alpha value is -1.81. The van der Waals surface area contributed by atoms with Crippen LogP contribution in [0.2, 0.25) is 10.0 Å². The number of piperazine rings is 1. The third kappa shape index (κ3) is 7.09. The number of halogens is 5. The number of carbonyl (C=O) groups excluding carboxylic acids is 1. The first kappa shape index (κ1) is 25.8. The number of rotatable bonds is 7. The molecule has 0 spiro atoms. The highest BCUT2D eigenvalue weighted by molar-refractivity contribution is 7.99. The molecule has 1 amide bonds. The molecule has 0 bridgehead atoms. The first-order valence-corrected chi connectivity index (χ1v) is 12.0. The molecule has 0 unspecified atom stereocenters. The van der Waals surface area contributed by atoms with Gasteiger partial charge < -0.3 is 19.9 Å². The number of amides is 1. The lowest BCUT2D eigenvalue weighted by Crippen LogP contribution is -2.44. The molecule has 1 aliphatic heterocycles. The number of hydrogen-bond acceptors (Lipinski definition) is 5. The van der Waals surface area contributed by atoms with Gasteiger partial charge >= 0.3 is 6.36 Å². The Kier molecular flexibility index (Phi) is 8.66. The van der Waals surface area contributed by atoms with Crippen molar-refractivity contribution in [3.63, 3.8) is 0 Å². The maximum Gasteiger partial charge on any atom is 0.573 e. The molecule has 0 radical (unpaired) electrons. The molecule has 0 aliphatic carbocycles. The third-order valence-electron chi connectivity index (χ3n) is 5.10. The van der Waals surface area contributed by atoms with Crippen molar-refractivity contribution in [2.75, 3.05) is 43.9 Å². The molecule has 0 saturated carbocycles. The van der Waals surface area contributed by atoms with Crippen molar-refractivity contribution in [3.8, 4) is 5.75 Å². The fourth-order valence-corrected chi connectivity index (χ4v) is 4.82. The van der Waals surface area contributed by atoms with E-state index in [9.17, 15) is 18.0 Å². The van der Waals surface area contributed by atoms with Crippen LogP contribution in [0.1, 0.15) is 22.8 Å². The van der Waals surface area contributed by atoms with Crippen molar-refractivity contribution in [2.45, 2.75) is 24.7 Å². The number of hydrogen-bond donors (Lipinski definition) is 1. The second kappa shape index (κ2) is 11.1. The molecule has 1 aliphatic rings. The number of ether oxygens (including phenoxy) is 1. The van der Waals surface area contributed by atoms with Gasteiger partial charge in [0.05, 0.1) is 10.7 Å². The van der Waals surface area contributed by atoms with E-state index in [1.54, 1.807) is 28.8 Å². The molecular weight excluding hydrogens is 498 g/mol. The zero-order chi connectivity index (χ0) is 24.2. The van der Waals surface area contributed by atoms with Crippen LogP contribution in [-0.4, -0.2) is 56.1 Å². The van der Waals surface area contributed by atoms with Crippen LogP contribution in [0.3, 0.4) is 0 Å². The number of benzene rings is 2. The van der Waals surface area contributed by atoms with Gasteiger partial charge in [-0.15, -0.1) is 24.9 Å². The molecule has 180 valence electrons. The molecular formula is C22H24Cl2F3N3O2S. The molecule has 33 heavy (non-hydrogen) atoms. The Labute approximate surface area is 205 Å². The molecule has 2 aromatic rings. The summed E-state index contributed by atoms with van der Waals surface area (Å²) < 4.78 is 43.7. The van der Waals surface area contributed by atoms with E-state index in [2.05, 4.69) is 15.0 Å². The maximum atomic E-state index is 13.1. The number of carbonyl (C=O) groups is 1. The van der Waals surface area contributed by atoms with E-state index in [1.807, 2.05) is 20.0 Å². The molecule has 0 atom stereocenters. The van der Waals surface area contributed by atoms with Crippen LogP contribution in [0.25, 0.3) is 0 Å². The number of nitrogens with one attached hydrogen (secondary N) is 1. The minimum Gasteiger partial charge on any atom is -0.403 e. The van der Waals surface area contributed by atoms with Crippen LogP contribution in [0, 0.1) is 0 Å². The Morgan fingerprint density at radius 3 is 2.48 bits per heavy atom. The largest absolute Gasteiger partial charge is 0.573 e. The smallest absolute Gasteiger partial charge is 0.403 e. The van der Waals surface area contributed by atoms with Gasteiger partial charge in [-0.05, 0) is 48.7 Å². The highest BCUT2D eigenvalue weighted by Gasteiger charge is 2.34. The highest BCUT2D eigenvalue weighted by atomic mass is 35.5. The van der Waals surface area contributed by atoms with Crippen LogP contribution in [0.15, 0.2) is 35.2 Å². The Bertz CT molecular complexity index is 1000. The van der Waals surface area contributed by atoms with Gasteiger partial charge in [0, 0.05) is 48.2 Å². The minimum atomic E-state index is -4.92. The normalized spacial score (nSPS) is 14.9. The Morgan fingerprint density at radius 2 is 1.85 bits per heavy atom. The van der Waals surface area contributed by atoms with Crippen molar-refractivity contribution in [3.05, 3.63) is 51.5 Å². The lowest BCUT2D eigenvalue weighted by atomic mass is 10.1. The summed E-state index contributed by atoms with van der Waals surface area (Å²) >= 11 is 14.1. The molecule has 1 heterocycles. The first-order chi connectivity index (χ1) is 15.6. The van der Waals surface area contributed by atoms with Crippen LogP contribution in [-0.2, 0) is 6.54 Å². The Morgan fingerprint density at radius 1 is 1.15 bits per heavy atom. The molecule has 11 heteroatoms. The molecule has 3 rings (SSSR count). The summed E-state index contributed by atoms with van der Waals surface area (Å²) in [5.41, 5.74) is 0.925. The zero-order valence-electron chi connectivity index (χ0n) is 18.1. The van der Waals surface area contributed by atoms with Gasteiger partial charge in [-0.25, -0.2) is 0 Å². The van der Waals surface area contributed by atoms with Gasteiger partial charge in [0.2, 0.25) is 0 Å². The van der Waals surface area contributed by atoms with E-state index in [-0.39, 0.29) is 22.8 Å². The van der Waals surface area contributed by atoms with Crippen molar-refractivity contribution in [1.82, 2.24) is 10.2 Å². The van der Waals surface area contributed by atoms with Crippen molar-refractivity contribution in [2.24, 2.45) is 0 Å². The second-order valence-corrected chi connectivity index (χ2v) is 9.66. The number of anilines is 1. The summed E-state index contributed by atoms with van der Waals surface area (Å²) in [6, 6.07) is 7.84. The maximum absolute atomic E-state index is 13.1. The van der Waals surface area contributed by atoms with E-state index in [0.29, 0.717) is 31.2 Å². The van der Waals surface area contributed by atoms with Gasteiger partial charge in [0.1, 0.15) is 0 Å². The standard InChI is InChI=1S/C22H24Cl2F3N3O2S/c1-3-33-19-5-4-16(23)10-15(19)13-28-21(31)14-11-17(24)20(18(12-14)32-22(25,26)27)30-8-6-29(2)7-9-30/h4-5,10-12H,3,6-9,13H2,1-2H3,(H,28,31). The van der Waals surface area contributed by atoms with E-state index in [4.69, 9.17) is 23.2 Å². The lowest BCUT2D eigenvalue weighted by Gasteiger charge is -2.35. The monoisotopic (exact) mass is 521 g/mol. The van der Waals surface area contributed by atoms with Crippen molar-refractivity contribution >= 4 is 46.6 Å². The van der Waals surface area contributed by atoms with Crippen LogP contribution in [0.5, 0.6) is 5.75 Å². The summed E-state index contributed by atoms with van der Waals surface area (Å²) in [4.78, 5) is 17.6. The van der Waals surface area contributed by atoms with Gasteiger partial charge in [0.25, 0.3) is 5.91 Å². The topological polar surface area (TPSA) is 44.8 Å². The minimum absolute atomic E-state index is 0.0242. The molecule has 1 saturated heterocycles. The predicted molar refractivity (Wildman–Crippen MR) is 127 cm³/mol. The Balaban J connectivity index is 1.85. The average molecular weight is 522 g/mol. The first-order valence-electron chi connectivity index (χ1n) is 10.3. The number of thioether (sulfide) groups is 1. The van der Waals surface area contributed by atoms with Crippen molar-refractivity contribution < 1.29 is 22.7 Å². The summed E-state index contributed by atoms with van der Waals surface area (Å²) in [5.74, 6) is -0.222. The van der Waals surface area contributed by atoms with Gasteiger partial charge in [-0.2, -0.15) is 0 Å². The van der Waals surface area contributed by atoms with E-state index < -0.39 is 18.0 Å². The second-order valence-electron chi connectivity index (χ2n) is 7.51. The summed E-state index contributed by atoms with van der Waals surface area (Å²) in [6.45, 7) is 4.48. The van der Waals surface area contributed by atoms with Crippen molar-refractivity contribution in [1.29, 1.82) is 0 Å². The number of alkyl halides is 3. The molecule has 1 fully saturated rings. The van der Waals surface area contributed by atoms with Crippen LogP contribution in [0.4, 0.5) is 18.9 Å². The third-order valence-corrected chi connectivity index (χ3v) is 6.62. The average Bonchev–Trinajstić information content (AvgIpc) is 2.73. The lowest BCUT2D eigenvalue weighted by molar-refractivity contribution is -0.274. The van der Waals surface area contributed by atoms with Gasteiger partial charge in [-0.3, -0.25) is 4.79 Å². The number of likely N-dealkylation sites (N-methyl/N-ethyl adjacent to an activating group) is 1. The SMILES string of the molecule is CCSc1ccc(Cl)cc1CNC(=O)c1cc(Cl)c(N2CCN(C)CC2)c(OC(F)(F)F)c1. The molecule has 1 N–H and O–H groups in total. The fraction of sp³-hybridized carbons (Fsp3) is 0.409. The summed E-state index contributed by atoms with van der Waals surface area (Å²) in [6.07, 6.45) is -4.92. The van der Waals surface area contributed by atoms with Gasteiger partial charge in [0.15, 0.2) is 5.75 Å². The van der Waals surface area contributed by atoms with E-state index >= 15 is 0 Å². The number of nitrogens with zero attached hydrogens (tertiary/aromatic N) is 2. The summed E-state index contributed by atoms with van der Waals surface area (Å²) in [7, 11) is 1.93. The van der Waals surface area contributed by atoms with Crippen LogP contribution >= 0.6 is 35.0 Å². The molecule has 2 aromatic carbocycles.